The number of carbonyl (C=O) groups excluding carboxylic acids is 1. The molecule has 1 heteroatoms. The van der Waals surface area contributed by atoms with Crippen LogP contribution >= 0.6 is 0 Å². The molecule has 0 aliphatic rings. The fourth-order valence-corrected chi connectivity index (χ4v) is 1.85. The molecule has 0 aliphatic heterocycles. The van der Waals surface area contributed by atoms with E-state index in [1.807, 2.05) is 0 Å². The summed E-state index contributed by atoms with van der Waals surface area (Å²) < 4.78 is 0. The normalized spacial score (nSPS) is 13.1. The Morgan fingerprint density at radius 3 is 1.93 bits per heavy atom. The number of hydrogen-bond acceptors (Lipinski definition) is 1. The monoisotopic (exact) mass is 211 g/mol. The summed E-state index contributed by atoms with van der Waals surface area (Å²) in [6.45, 7) is 6.71. The molecule has 0 rings (SSSR count). The molecule has 1 atom stereocenters. The second-order valence-electron chi connectivity index (χ2n) is 4.99. The van der Waals surface area contributed by atoms with Gasteiger partial charge in [-0.2, -0.15) is 0 Å². The molecule has 15 heavy (non-hydrogen) atoms. The van der Waals surface area contributed by atoms with E-state index in [0.29, 0.717) is 0 Å². The van der Waals surface area contributed by atoms with Gasteiger partial charge in [-0.3, -0.25) is 4.79 Å². The first-order valence-electron chi connectivity index (χ1n) is 6.58. The highest BCUT2D eigenvalue weighted by Gasteiger charge is 2.07. The van der Waals surface area contributed by atoms with Gasteiger partial charge in [-0.25, -0.2) is 0 Å². The van der Waals surface area contributed by atoms with Crippen LogP contribution in [0.25, 0.3) is 0 Å². The van der Waals surface area contributed by atoms with Crippen LogP contribution in [0.15, 0.2) is 0 Å². The van der Waals surface area contributed by atoms with Crippen LogP contribution in [-0.2, 0) is 4.79 Å². The summed E-state index contributed by atoms with van der Waals surface area (Å²) in [6, 6.07) is 0. The van der Waals surface area contributed by atoms with Gasteiger partial charge in [-0.1, -0.05) is 59.3 Å². The van der Waals surface area contributed by atoms with Crippen molar-refractivity contribution in [2.24, 2.45) is 11.8 Å². The van der Waals surface area contributed by atoms with Crippen molar-refractivity contribution in [3.05, 3.63) is 0 Å². The molecule has 89 valence electrons. The summed E-state index contributed by atoms with van der Waals surface area (Å²) in [6.07, 6.45) is 11.8. The summed E-state index contributed by atoms with van der Waals surface area (Å²) >= 11 is 0. The van der Waals surface area contributed by atoms with E-state index in [1.54, 1.807) is 0 Å². The fourth-order valence-electron chi connectivity index (χ4n) is 1.85. The molecule has 0 heterocycles. The Balaban J connectivity index is 3.40. The van der Waals surface area contributed by atoms with E-state index in [0.717, 1.165) is 18.8 Å². The molecule has 1 nitrogen and oxygen atoms in total. The Morgan fingerprint density at radius 1 is 0.933 bits per heavy atom. The fraction of sp³-hybridized carbons (Fsp3) is 0.929. The van der Waals surface area contributed by atoms with Crippen molar-refractivity contribution in [3.63, 3.8) is 0 Å². The van der Waals surface area contributed by atoms with Gasteiger partial charge >= 0.3 is 0 Å². The van der Waals surface area contributed by atoms with E-state index in [1.165, 1.54) is 38.5 Å². The van der Waals surface area contributed by atoms with E-state index in [2.05, 4.69) is 27.1 Å². The molecule has 1 unspecified atom stereocenters. The molecular formula is C14H27O. The molecule has 0 bridgehead atoms. The minimum atomic E-state index is 0.212. The lowest BCUT2D eigenvalue weighted by Crippen LogP contribution is -2.02. The lowest BCUT2D eigenvalue weighted by Gasteiger charge is -2.09. The van der Waals surface area contributed by atoms with Crippen molar-refractivity contribution in [1.29, 1.82) is 0 Å². The molecule has 0 aromatic carbocycles. The van der Waals surface area contributed by atoms with Crippen LogP contribution < -0.4 is 0 Å². The first kappa shape index (κ1) is 14.7. The first-order valence-corrected chi connectivity index (χ1v) is 6.58. The van der Waals surface area contributed by atoms with Gasteiger partial charge in [0.05, 0.1) is 0 Å². The molecule has 0 N–H and O–H groups in total. The Morgan fingerprint density at radius 2 is 1.47 bits per heavy atom. The van der Waals surface area contributed by atoms with Crippen LogP contribution in [0.5, 0.6) is 0 Å². The van der Waals surface area contributed by atoms with Gasteiger partial charge in [-0.05, 0) is 18.8 Å². The zero-order valence-electron chi connectivity index (χ0n) is 10.7. The summed E-state index contributed by atoms with van der Waals surface area (Å²) in [5.41, 5.74) is 0. The van der Waals surface area contributed by atoms with Gasteiger partial charge in [0.25, 0.3) is 0 Å². The standard InChI is InChI=1S/C14H27O/c1-4-5-6-10-14(12-15)11-8-7-9-13(2)3/h13-14H,4-11H2,1-3H3. The van der Waals surface area contributed by atoms with Gasteiger partial charge in [0, 0.05) is 5.92 Å². The Kier molecular flexibility index (Phi) is 9.97. The molecule has 1 radical (unpaired) electrons. The second-order valence-corrected chi connectivity index (χ2v) is 4.99. The lowest BCUT2D eigenvalue weighted by atomic mass is 9.95. The quantitative estimate of drug-likeness (QED) is 0.486. The highest BCUT2D eigenvalue weighted by Crippen LogP contribution is 2.16. The lowest BCUT2D eigenvalue weighted by molar-refractivity contribution is 0.446. The van der Waals surface area contributed by atoms with Gasteiger partial charge in [0.1, 0.15) is 0 Å². The number of rotatable bonds is 10. The van der Waals surface area contributed by atoms with Crippen molar-refractivity contribution < 1.29 is 4.79 Å². The second kappa shape index (κ2) is 10.2. The molecular weight excluding hydrogens is 184 g/mol. The van der Waals surface area contributed by atoms with E-state index >= 15 is 0 Å². The summed E-state index contributed by atoms with van der Waals surface area (Å²) in [5, 5.41) is 0. The molecule has 0 fully saturated rings. The SMILES string of the molecule is CCCCCC([C]=O)CCCCC(C)C. The van der Waals surface area contributed by atoms with Gasteiger partial charge in [0.15, 0.2) is 0 Å². The molecule has 0 amide bonds. The molecule has 0 spiro atoms. The Labute approximate surface area is 95.6 Å². The molecule has 0 saturated heterocycles. The van der Waals surface area contributed by atoms with E-state index in [-0.39, 0.29) is 5.92 Å². The topological polar surface area (TPSA) is 17.1 Å². The van der Waals surface area contributed by atoms with Crippen molar-refractivity contribution in [2.45, 2.75) is 72.1 Å². The van der Waals surface area contributed by atoms with Crippen molar-refractivity contribution in [1.82, 2.24) is 0 Å². The van der Waals surface area contributed by atoms with Crippen LogP contribution in [0.3, 0.4) is 0 Å². The first-order chi connectivity index (χ1) is 7.20. The van der Waals surface area contributed by atoms with E-state index in [4.69, 9.17) is 0 Å². The van der Waals surface area contributed by atoms with Crippen LogP contribution in [0, 0.1) is 11.8 Å². The Hall–Kier alpha value is -0.330. The van der Waals surface area contributed by atoms with Crippen molar-refractivity contribution >= 4 is 6.29 Å². The maximum Gasteiger partial charge on any atom is 0.201 e. The van der Waals surface area contributed by atoms with Crippen LogP contribution in [0.1, 0.15) is 72.1 Å². The van der Waals surface area contributed by atoms with Gasteiger partial charge in [0.2, 0.25) is 6.29 Å². The summed E-state index contributed by atoms with van der Waals surface area (Å²) in [4.78, 5) is 10.7. The summed E-state index contributed by atoms with van der Waals surface area (Å²) in [7, 11) is 0. The summed E-state index contributed by atoms with van der Waals surface area (Å²) in [5.74, 6) is 1.01. The minimum absolute atomic E-state index is 0.212. The Bertz CT molecular complexity index is 140. The highest BCUT2D eigenvalue weighted by molar-refractivity contribution is 5.54. The van der Waals surface area contributed by atoms with Crippen LogP contribution in [-0.4, -0.2) is 6.29 Å². The number of unbranched alkanes of at least 4 members (excludes halogenated alkanes) is 3. The third-order valence-electron chi connectivity index (χ3n) is 2.91. The predicted molar refractivity (Wildman–Crippen MR) is 66.6 cm³/mol. The highest BCUT2D eigenvalue weighted by atomic mass is 16.1. The maximum absolute atomic E-state index is 10.7. The van der Waals surface area contributed by atoms with E-state index < -0.39 is 0 Å². The van der Waals surface area contributed by atoms with Crippen molar-refractivity contribution in [2.75, 3.05) is 0 Å². The van der Waals surface area contributed by atoms with E-state index in [9.17, 15) is 4.79 Å². The number of hydrogen-bond donors (Lipinski definition) is 0. The van der Waals surface area contributed by atoms with Gasteiger partial charge < -0.3 is 0 Å². The third kappa shape index (κ3) is 9.96. The zero-order valence-corrected chi connectivity index (χ0v) is 10.7. The molecule has 0 saturated carbocycles. The maximum atomic E-state index is 10.7. The zero-order chi connectivity index (χ0) is 11.5. The minimum Gasteiger partial charge on any atom is -0.291 e. The average molecular weight is 211 g/mol. The molecule has 0 aromatic heterocycles. The smallest absolute Gasteiger partial charge is 0.201 e. The largest absolute Gasteiger partial charge is 0.291 e. The van der Waals surface area contributed by atoms with Crippen LogP contribution in [0.4, 0.5) is 0 Å². The molecule has 0 aromatic rings. The average Bonchev–Trinajstić information content (AvgIpc) is 2.21. The molecule has 0 aliphatic carbocycles. The third-order valence-corrected chi connectivity index (χ3v) is 2.91. The van der Waals surface area contributed by atoms with Crippen molar-refractivity contribution in [3.8, 4) is 0 Å². The van der Waals surface area contributed by atoms with Crippen LogP contribution in [0.2, 0.25) is 0 Å². The predicted octanol–water partition coefficient (Wildman–Crippen LogP) is 4.51. The van der Waals surface area contributed by atoms with Gasteiger partial charge in [-0.15, -0.1) is 0 Å².